The molecule has 2 heterocycles. The van der Waals surface area contributed by atoms with Gasteiger partial charge in [0, 0.05) is 10.4 Å². The van der Waals surface area contributed by atoms with Crippen molar-refractivity contribution in [1.82, 2.24) is 25.5 Å². The maximum Gasteiger partial charge on any atom is 0.251 e. The van der Waals surface area contributed by atoms with Crippen LogP contribution in [0.15, 0.2) is 41.8 Å². The minimum atomic E-state index is -0.133. The fourth-order valence-corrected chi connectivity index (χ4v) is 2.91. The summed E-state index contributed by atoms with van der Waals surface area (Å²) in [6.07, 6.45) is 0. The zero-order valence-corrected chi connectivity index (χ0v) is 14.9. The Bertz CT molecular complexity index is 829. The highest BCUT2D eigenvalue weighted by Gasteiger charge is 2.11. The zero-order chi connectivity index (χ0) is 17.6. The normalized spacial score (nSPS) is 10.8. The number of carbonyl (C=O) groups is 1. The van der Waals surface area contributed by atoms with Gasteiger partial charge >= 0.3 is 0 Å². The van der Waals surface area contributed by atoms with E-state index in [4.69, 9.17) is 4.74 Å². The minimum Gasteiger partial charge on any atom is -0.486 e. The van der Waals surface area contributed by atoms with Crippen LogP contribution in [-0.2, 0) is 13.2 Å². The summed E-state index contributed by atoms with van der Waals surface area (Å²) in [4.78, 5) is 13.4. The van der Waals surface area contributed by atoms with Gasteiger partial charge in [0.1, 0.15) is 12.4 Å². The van der Waals surface area contributed by atoms with Crippen molar-refractivity contribution in [2.75, 3.05) is 0 Å². The van der Waals surface area contributed by atoms with E-state index in [9.17, 15) is 4.79 Å². The summed E-state index contributed by atoms with van der Waals surface area (Å²) in [5.74, 6) is 1.11. The second-order valence-corrected chi connectivity index (χ2v) is 6.74. The molecule has 0 bridgehead atoms. The lowest BCUT2D eigenvalue weighted by atomic mass is 10.2. The highest BCUT2D eigenvalue weighted by atomic mass is 32.1. The molecule has 2 aromatic heterocycles. The summed E-state index contributed by atoms with van der Waals surface area (Å²) >= 11 is 1.61. The van der Waals surface area contributed by atoms with Gasteiger partial charge in [0.25, 0.3) is 5.91 Å². The topological polar surface area (TPSA) is 81.9 Å². The van der Waals surface area contributed by atoms with Crippen molar-refractivity contribution in [2.45, 2.75) is 33.0 Å². The first kappa shape index (κ1) is 17.1. The van der Waals surface area contributed by atoms with E-state index in [-0.39, 0.29) is 18.6 Å². The number of amides is 1. The number of carbonyl (C=O) groups excluding carboxylic acids is 1. The molecule has 7 nitrogen and oxygen atoms in total. The van der Waals surface area contributed by atoms with Gasteiger partial charge in [-0.1, -0.05) is 12.1 Å². The summed E-state index contributed by atoms with van der Waals surface area (Å²) in [5, 5.41) is 16.5. The largest absolute Gasteiger partial charge is 0.486 e. The summed E-state index contributed by atoms with van der Waals surface area (Å²) in [7, 11) is 0. The van der Waals surface area contributed by atoms with Gasteiger partial charge in [-0.15, -0.1) is 16.4 Å². The quantitative estimate of drug-likeness (QED) is 0.703. The Kier molecular flexibility index (Phi) is 5.39. The van der Waals surface area contributed by atoms with Crippen molar-refractivity contribution in [3.8, 4) is 5.75 Å². The number of benzene rings is 1. The molecule has 1 aromatic carbocycles. The maximum atomic E-state index is 12.3. The second kappa shape index (κ2) is 7.89. The van der Waals surface area contributed by atoms with Crippen LogP contribution in [0.5, 0.6) is 5.75 Å². The van der Waals surface area contributed by atoms with Crippen LogP contribution in [-0.4, -0.2) is 26.1 Å². The lowest BCUT2D eigenvalue weighted by Gasteiger charge is -2.10. The van der Waals surface area contributed by atoms with Gasteiger partial charge in [-0.3, -0.25) is 4.79 Å². The molecule has 0 aliphatic rings. The summed E-state index contributed by atoms with van der Waals surface area (Å²) in [6.45, 7) is 4.76. The number of aromatic nitrogens is 4. The van der Waals surface area contributed by atoms with Gasteiger partial charge in [-0.25, -0.2) is 4.68 Å². The molecule has 0 aliphatic heterocycles. The molecule has 0 spiro atoms. The molecule has 130 valence electrons. The van der Waals surface area contributed by atoms with Gasteiger partial charge in [-0.05, 0) is 53.9 Å². The minimum absolute atomic E-state index is 0.133. The Labute approximate surface area is 149 Å². The third-order valence-electron chi connectivity index (χ3n) is 3.52. The van der Waals surface area contributed by atoms with Crippen molar-refractivity contribution in [2.24, 2.45) is 0 Å². The van der Waals surface area contributed by atoms with Crippen LogP contribution in [0.4, 0.5) is 0 Å². The molecular formula is C17H19N5O2S. The Hall–Kier alpha value is -2.74. The predicted molar refractivity (Wildman–Crippen MR) is 94.5 cm³/mol. The number of thiophene rings is 1. The Morgan fingerprint density at radius 3 is 2.96 bits per heavy atom. The molecule has 0 radical (unpaired) electrons. The van der Waals surface area contributed by atoms with Gasteiger partial charge in [0.2, 0.25) is 0 Å². The molecule has 0 fully saturated rings. The van der Waals surface area contributed by atoms with Crippen LogP contribution in [0.2, 0.25) is 0 Å². The fraction of sp³-hybridized carbons (Fsp3) is 0.294. The van der Waals surface area contributed by atoms with Crippen molar-refractivity contribution in [1.29, 1.82) is 0 Å². The van der Waals surface area contributed by atoms with E-state index in [0.717, 1.165) is 4.88 Å². The predicted octanol–water partition coefficient (Wildman–Crippen LogP) is 2.82. The van der Waals surface area contributed by atoms with E-state index in [1.54, 1.807) is 40.3 Å². The van der Waals surface area contributed by atoms with E-state index in [0.29, 0.717) is 23.7 Å². The molecule has 0 atom stereocenters. The number of hydrogen-bond donors (Lipinski definition) is 1. The van der Waals surface area contributed by atoms with E-state index < -0.39 is 0 Å². The SMILES string of the molecule is CC(C)n1nnnc1COc1cccc(C(=O)NCc2cccs2)c1. The summed E-state index contributed by atoms with van der Waals surface area (Å²) < 4.78 is 7.45. The second-order valence-electron chi connectivity index (χ2n) is 5.71. The molecule has 8 heteroatoms. The van der Waals surface area contributed by atoms with E-state index in [1.807, 2.05) is 31.4 Å². The zero-order valence-electron chi connectivity index (χ0n) is 14.0. The average Bonchev–Trinajstić information content (AvgIpc) is 3.29. The third-order valence-corrected chi connectivity index (χ3v) is 4.39. The smallest absolute Gasteiger partial charge is 0.251 e. The van der Waals surface area contributed by atoms with Gasteiger partial charge in [0.15, 0.2) is 5.82 Å². The van der Waals surface area contributed by atoms with Crippen LogP contribution in [0.1, 0.15) is 40.9 Å². The molecule has 3 rings (SSSR count). The highest BCUT2D eigenvalue weighted by Crippen LogP contribution is 2.16. The molecule has 25 heavy (non-hydrogen) atoms. The van der Waals surface area contributed by atoms with E-state index in [2.05, 4.69) is 20.8 Å². The highest BCUT2D eigenvalue weighted by molar-refractivity contribution is 7.09. The lowest BCUT2D eigenvalue weighted by Crippen LogP contribution is -2.22. The van der Waals surface area contributed by atoms with Crippen LogP contribution < -0.4 is 10.1 Å². The van der Waals surface area contributed by atoms with Crippen molar-refractivity contribution in [3.63, 3.8) is 0 Å². The Balaban J connectivity index is 1.61. The molecule has 3 aromatic rings. The van der Waals surface area contributed by atoms with Gasteiger partial charge in [0.05, 0.1) is 12.6 Å². The molecule has 1 N–H and O–H groups in total. The molecule has 1 amide bonds. The summed E-state index contributed by atoms with van der Waals surface area (Å²) in [6, 6.07) is 11.2. The van der Waals surface area contributed by atoms with Crippen molar-refractivity contribution < 1.29 is 9.53 Å². The van der Waals surface area contributed by atoms with Crippen LogP contribution in [0.3, 0.4) is 0 Å². The first-order valence-corrected chi connectivity index (χ1v) is 8.81. The third kappa shape index (κ3) is 4.42. The first-order valence-electron chi connectivity index (χ1n) is 7.93. The molecule has 0 aliphatic carbocycles. The molecule has 0 unspecified atom stereocenters. The van der Waals surface area contributed by atoms with Crippen LogP contribution in [0, 0.1) is 0 Å². The average molecular weight is 357 g/mol. The molecule has 0 saturated heterocycles. The van der Waals surface area contributed by atoms with Crippen LogP contribution >= 0.6 is 11.3 Å². The number of nitrogens with zero attached hydrogens (tertiary/aromatic N) is 4. The summed E-state index contributed by atoms with van der Waals surface area (Å²) in [5.41, 5.74) is 0.553. The van der Waals surface area contributed by atoms with Gasteiger partial charge in [-0.2, -0.15) is 0 Å². The van der Waals surface area contributed by atoms with E-state index >= 15 is 0 Å². The van der Waals surface area contributed by atoms with Crippen molar-refractivity contribution >= 4 is 17.2 Å². The molecular weight excluding hydrogens is 338 g/mol. The number of rotatable bonds is 7. The standard InChI is InChI=1S/C17H19N5O2S/c1-12(2)22-16(19-20-21-22)11-24-14-6-3-5-13(9-14)17(23)18-10-15-7-4-8-25-15/h3-9,12H,10-11H2,1-2H3,(H,18,23). The number of hydrogen-bond acceptors (Lipinski definition) is 6. The monoisotopic (exact) mass is 357 g/mol. The van der Waals surface area contributed by atoms with E-state index in [1.165, 1.54) is 0 Å². The molecule has 0 saturated carbocycles. The maximum absolute atomic E-state index is 12.3. The lowest BCUT2D eigenvalue weighted by molar-refractivity contribution is 0.0951. The van der Waals surface area contributed by atoms with Gasteiger partial charge < -0.3 is 10.1 Å². The Morgan fingerprint density at radius 1 is 1.32 bits per heavy atom. The van der Waals surface area contributed by atoms with Crippen molar-refractivity contribution in [3.05, 3.63) is 58.0 Å². The first-order chi connectivity index (χ1) is 12.1. The Morgan fingerprint density at radius 2 is 2.20 bits per heavy atom. The fourth-order valence-electron chi connectivity index (χ4n) is 2.27. The number of nitrogens with one attached hydrogen (secondary N) is 1. The number of ether oxygens (including phenoxy) is 1. The van der Waals surface area contributed by atoms with Crippen LogP contribution in [0.25, 0.3) is 0 Å². The number of tetrazole rings is 1.